The Labute approximate surface area is 676 Å². The van der Waals surface area contributed by atoms with Gasteiger partial charge in [-0.15, -0.1) is 0 Å². The minimum Gasteiger partial charge on any atom is -0.462 e. The van der Waals surface area contributed by atoms with Crippen molar-refractivity contribution in [3.63, 3.8) is 0 Å². The summed E-state index contributed by atoms with van der Waals surface area (Å²) in [5.41, 5.74) is 0. The molecule has 0 amide bonds. The molecule has 0 aromatic heterocycles. The van der Waals surface area contributed by atoms with Crippen molar-refractivity contribution >= 4 is 39.5 Å². The summed E-state index contributed by atoms with van der Waals surface area (Å²) in [6.07, 6.45) is 106. The zero-order chi connectivity index (χ0) is 81.7. The van der Waals surface area contributed by atoms with Crippen LogP contribution in [0.5, 0.6) is 0 Å². The van der Waals surface area contributed by atoms with E-state index in [1.807, 2.05) is 54.7 Å². The van der Waals surface area contributed by atoms with Gasteiger partial charge < -0.3 is 33.8 Å². The first-order chi connectivity index (χ1) is 54.7. The first kappa shape index (κ1) is 105. The molecular weight excluding hydrogens is 1450 g/mol. The van der Waals surface area contributed by atoms with Gasteiger partial charge in [-0.05, 0) is 173 Å². The molecule has 0 radical (unpaired) electrons. The third kappa shape index (κ3) is 81.1. The predicted octanol–water partition coefficient (Wildman–Crippen LogP) is 25.0. The highest BCUT2D eigenvalue weighted by molar-refractivity contribution is 7.47. The molecule has 0 saturated heterocycles. The van der Waals surface area contributed by atoms with Crippen molar-refractivity contribution in [2.45, 2.75) is 290 Å². The van der Waals surface area contributed by atoms with E-state index < -0.39 is 97.5 Å². The maximum atomic E-state index is 13.1. The van der Waals surface area contributed by atoms with Crippen LogP contribution >= 0.6 is 15.6 Å². The zero-order valence-corrected chi connectivity index (χ0v) is 70.5. The van der Waals surface area contributed by atoms with Gasteiger partial charge in [0.2, 0.25) is 0 Å². The second-order valence-corrected chi connectivity index (χ2v) is 29.5. The summed E-state index contributed by atoms with van der Waals surface area (Å²) in [4.78, 5) is 73.1. The lowest BCUT2D eigenvalue weighted by Crippen LogP contribution is -2.30. The molecule has 0 aromatic rings. The molecule has 19 heteroatoms. The number of hydrogen-bond donors (Lipinski definition) is 3. The summed E-state index contributed by atoms with van der Waals surface area (Å²) in [7, 11) is -10.1. The molecule has 3 N–H and O–H groups in total. The zero-order valence-electron chi connectivity index (χ0n) is 68.7. The van der Waals surface area contributed by atoms with E-state index in [0.29, 0.717) is 44.9 Å². The van der Waals surface area contributed by atoms with Crippen LogP contribution < -0.4 is 0 Å². The quantitative estimate of drug-likeness (QED) is 0.0169. The summed E-state index contributed by atoms with van der Waals surface area (Å²) < 4.78 is 68.4. The predicted molar refractivity (Wildman–Crippen MR) is 463 cm³/mol. The average Bonchev–Trinajstić information content (AvgIpc) is 0.908. The van der Waals surface area contributed by atoms with Crippen LogP contribution in [0.15, 0.2) is 231 Å². The molecule has 0 spiro atoms. The molecule has 0 rings (SSSR count). The Morgan fingerprint density at radius 2 is 0.482 bits per heavy atom. The van der Waals surface area contributed by atoms with E-state index in [1.54, 1.807) is 0 Å². The van der Waals surface area contributed by atoms with E-state index in [2.05, 4.69) is 204 Å². The van der Waals surface area contributed by atoms with Crippen LogP contribution in [-0.2, 0) is 65.4 Å². The number of rotatable bonds is 75. The van der Waals surface area contributed by atoms with Crippen molar-refractivity contribution in [3.8, 4) is 0 Å². The number of phosphoric ester groups is 2. The molecule has 0 aliphatic rings. The Kier molecular flexibility index (Phi) is 77.1. The SMILES string of the molecule is CC/C=C\C/C=C\C/C=C\C/C=C\C/C=C\C/C=C\CCC(=O)OC[C@H](COP(=O)(O)OC[C@@H](O)COP(=O)(O)OC[C@@H](COC(=O)CCCCCCC/C=C\C/C=C\CCCCC)OC(=O)CC/C=C\C/C=C\C/C=C\C/C=C\C/C=C\CCCCC)OC(=O)CC/C=C\C/C=C\C/C=C\C/C=C\C/C=C\C/C=C\CC. The molecule has 0 aliphatic carbocycles. The monoisotopic (exact) mass is 1590 g/mol. The van der Waals surface area contributed by atoms with E-state index in [4.69, 9.17) is 37.0 Å². The highest BCUT2D eigenvalue weighted by Gasteiger charge is 2.30. The molecule has 2 unspecified atom stereocenters. The standard InChI is InChI=1S/C93H144O17P2/c1-5-9-13-17-21-25-29-33-37-40-43-46-50-54-58-62-66-70-74-78-91(96)104-84-89(110-93(98)80-76-72-68-64-60-56-52-48-45-42-39-35-31-27-23-19-15-11-7-3)86-108-112(101,102)106-82-87(94)81-105-111(99,100)107-85-88(83-103-90(95)77-73-69-65-61-57-53-49-36-32-28-24-20-16-12-8-4)109-92(97)79-75-71-67-63-59-55-51-47-44-41-38-34-30-26-22-18-14-10-6-2/h9,11,13,15,21-28,33-39,43-49,54-56,58-60,66-68,70-72,87-89,94H,5-8,10,12,14,16-20,29-32,40-42,50-53,57,61-65,69,73-86H2,1-4H3,(H,99,100)(H,101,102)/b13-9-,15-11-,25-21-,26-22-,27-23-,28-24-,37-33-,38-34-,39-35-,46-43-,47-44-,48-45-,49-36-,58-54-,59-55-,60-56-,70-66-,71-67-,72-68-/t87-,88+,89+/m0/s1. The number of esters is 4. The van der Waals surface area contributed by atoms with E-state index >= 15 is 0 Å². The van der Waals surface area contributed by atoms with Crippen molar-refractivity contribution in [2.24, 2.45) is 0 Å². The maximum absolute atomic E-state index is 13.1. The van der Waals surface area contributed by atoms with Crippen molar-refractivity contribution in [3.05, 3.63) is 231 Å². The lowest BCUT2D eigenvalue weighted by Gasteiger charge is -2.21. The molecule has 5 atom stereocenters. The van der Waals surface area contributed by atoms with Gasteiger partial charge in [0.15, 0.2) is 12.2 Å². The second kappa shape index (κ2) is 82.1. The lowest BCUT2D eigenvalue weighted by atomic mass is 10.1. The molecule has 0 bridgehead atoms. The minimum absolute atomic E-state index is 0.00755. The Balaban J connectivity index is 5.63. The van der Waals surface area contributed by atoms with Crippen LogP contribution in [0.1, 0.15) is 272 Å². The molecule has 0 saturated carbocycles. The largest absolute Gasteiger partial charge is 0.472 e. The van der Waals surface area contributed by atoms with Gasteiger partial charge in [-0.1, -0.05) is 304 Å². The number of carbonyl (C=O) groups is 4. The molecule has 0 fully saturated rings. The van der Waals surface area contributed by atoms with Crippen LogP contribution in [0.25, 0.3) is 0 Å². The number of aliphatic hydroxyl groups excluding tert-OH is 1. The maximum Gasteiger partial charge on any atom is 0.472 e. The highest BCUT2D eigenvalue weighted by Crippen LogP contribution is 2.45. The van der Waals surface area contributed by atoms with Gasteiger partial charge in [-0.2, -0.15) is 0 Å². The van der Waals surface area contributed by atoms with Gasteiger partial charge in [0.1, 0.15) is 19.3 Å². The van der Waals surface area contributed by atoms with Crippen molar-refractivity contribution in [1.82, 2.24) is 0 Å². The van der Waals surface area contributed by atoms with Crippen LogP contribution in [0.2, 0.25) is 0 Å². The van der Waals surface area contributed by atoms with Gasteiger partial charge in [-0.25, -0.2) is 9.13 Å². The Hall–Kier alpha value is -6.88. The summed E-state index contributed by atoms with van der Waals surface area (Å²) in [5.74, 6) is -2.51. The average molecular weight is 1600 g/mol. The van der Waals surface area contributed by atoms with E-state index in [9.17, 15) is 43.2 Å². The van der Waals surface area contributed by atoms with Crippen molar-refractivity contribution < 1.29 is 80.2 Å². The number of phosphoric acid groups is 2. The highest BCUT2D eigenvalue weighted by atomic mass is 31.2. The van der Waals surface area contributed by atoms with Crippen molar-refractivity contribution in [1.29, 1.82) is 0 Å². The Morgan fingerprint density at radius 1 is 0.259 bits per heavy atom. The number of aliphatic hydroxyl groups is 1. The summed E-state index contributed by atoms with van der Waals surface area (Å²) in [6, 6.07) is 0. The summed E-state index contributed by atoms with van der Waals surface area (Å²) >= 11 is 0. The summed E-state index contributed by atoms with van der Waals surface area (Å²) in [5, 5.41) is 10.7. The molecule has 112 heavy (non-hydrogen) atoms. The molecule has 0 aliphatic heterocycles. The number of allylic oxidation sites excluding steroid dienone is 38. The normalized spacial score (nSPS) is 15.0. The van der Waals surface area contributed by atoms with E-state index in [0.717, 1.165) is 135 Å². The van der Waals surface area contributed by atoms with Gasteiger partial charge in [0.05, 0.1) is 26.4 Å². The molecular formula is C93H144O17P2. The van der Waals surface area contributed by atoms with Gasteiger partial charge in [-0.3, -0.25) is 37.3 Å². The Bertz CT molecular complexity index is 3040. The number of hydrogen-bond acceptors (Lipinski definition) is 15. The minimum atomic E-state index is -5.04. The Morgan fingerprint density at radius 3 is 0.768 bits per heavy atom. The van der Waals surface area contributed by atoms with Crippen LogP contribution in [-0.4, -0.2) is 96.7 Å². The molecule has 628 valence electrons. The number of carbonyl (C=O) groups excluding carboxylic acids is 4. The van der Waals surface area contributed by atoms with Gasteiger partial charge >= 0.3 is 39.5 Å². The van der Waals surface area contributed by atoms with E-state index in [-0.39, 0.29) is 25.7 Å². The van der Waals surface area contributed by atoms with Gasteiger partial charge in [0.25, 0.3) is 0 Å². The number of unbranched alkanes of at least 4 members (excludes halogenated alkanes) is 11. The lowest BCUT2D eigenvalue weighted by molar-refractivity contribution is -0.161. The van der Waals surface area contributed by atoms with Crippen LogP contribution in [0.4, 0.5) is 0 Å². The van der Waals surface area contributed by atoms with Gasteiger partial charge in [0, 0.05) is 25.7 Å². The first-order valence-electron chi connectivity index (χ1n) is 41.6. The topological polar surface area (TPSA) is 237 Å². The fraction of sp³-hybridized carbons (Fsp3) is 0.548. The fourth-order valence-corrected chi connectivity index (χ4v) is 11.5. The molecule has 17 nitrogen and oxygen atoms in total. The molecule has 0 heterocycles. The third-order valence-corrected chi connectivity index (χ3v) is 18.0. The fourth-order valence-electron chi connectivity index (χ4n) is 9.87. The van der Waals surface area contributed by atoms with E-state index in [1.165, 1.54) is 38.5 Å². The van der Waals surface area contributed by atoms with Crippen LogP contribution in [0.3, 0.4) is 0 Å². The van der Waals surface area contributed by atoms with Crippen molar-refractivity contribution in [2.75, 3.05) is 39.6 Å². The molecule has 0 aromatic carbocycles. The smallest absolute Gasteiger partial charge is 0.462 e. The third-order valence-electron chi connectivity index (χ3n) is 16.1. The second-order valence-electron chi connectivity index (χ2n) is 26.6. The van der Waals surface area contributed by atoms with Crippen LogP contribution in [0, 0.1) is 0 Å². The first-order valence-corrected chi connectivity index (χ1v) is 44.6. The summed E-state index contributed by atoms with van der Waals surface area (Å²) in [6.45, 7) is 4.28. The number of ether oxygens (including phenoxy) is 4.